The van der Waals surface area contributed by atoms with E-state index in [1.54, 1.807) is 36.4 Å². The van der Waals surface area contributed by atoms with Gasteiger partial charge in [-0.15, -0.1) is 5.10 Å². The van der Waals surface area contributed by atoms with Crippen LogP contribution in [0, 0.1) is 5.82 Å². The van der Waals surface area contributed by atoms with Gasteiger partial charge >= 0.3 is 5.69 Å². The van der Waals surface area contributed by atoms with Crippen molar-refractivity contribution >= 4 is 23.4 Å². The van der Waals surface area contributed by atoms with Crippen molar-refractivity contribution in [3.63, 3.8) is 0 Å². The molecule has 10 heteroatoms. The van der Waals surface area contributed by atoms with Crippen LogP contribution < -0.4 is 11.0 Å². The zero-order valence-electron chi connectivity index (χ0n) is 16.4. The average Bonchev–Trinajstić information content (AvgIpc) is 3.06. The van der Waals surface area contributed by atoms with Crippen LogP contribution in [0.1, 0.15) is 21.7 Å². The molecule has 0 atom stereocenters. The normalized spacial score (nSPS) is 13.2. The highest BCUT2D eigenvalue weighted by Crippen LogP contribution is 2.14. The molecule has 1 aromatic heterocycles. The highest BCUT2D eigenvalue weighted by Gasteiger charge is 2.30. The molecule has 2 heterocycles. The van der Waals surface area contributed by atoms with E-state index in [0.717, 1.165) is 10.2 Å². The Labute approximate surface area is 181 Å². The van der Waals surface area contributed by atoms with Gasteiger partial charge in [0.25, 0.3) is 5.91 Å². The van der Waals surface area contributed by atoms with Gasteiger partial charge in [-0.2, -0.15) is 0 Å². The number of nitrogens with one attached hydrogen (secondary N) is 1. The van der Waals surface area contributed by atoms with Gasteiger partial charge in [0, 0.05) is 31.2 Å². The molecule has 2 aromatic carbocycles. The standard InChI is InChI=1S/C21H19ClFN5O3/c22-16-6-4-14(5-7-16)11-24-18(29)13-28-21(31)27-9-8-26(20(30)19(27)25-28)12-15-2-1-3-17(23)10-15/h1-7,10H,8-9,11-13H2,(H,24,29). The van der Waals surface area contributed by atoms with E-state index in [2.05, 4.69) is 10.4 Å². The average molecular weight is 444 g/mol. The fraction of sp³-hybridized carbons (Fsp3) is 0.238. The predicted octanol–water partition coefficient (Wildman–Crippen LogP) is 1.81. The van der Waals surface area contributed by atoms with Crippen molar-refractivity contribution in [3.05, 3.63) is 86.8 Å². The number of hydrogen-bond donors (Lipinski definition) is 1. The number of rotatable bonds is 6. The number of halogens is 2. The molecule has 1 N–H and O–H groups in total. The van der Waals surface area contributed by atoms with Crippen LogP contribution in [0.2, 0.25) is 5.02 Å². The number of fused-ring (bicyclic) bond motifs is 1. The van der Waals surface area contributed by atoms with Gasteiger partial charge in [0.2, 0.25) is 11.7 Å². The maximum absolute atomic E-state index is 13.4. The van der Waals surface area contributed by atoms with Crippen LogP contribution in [0.25, 0.3) is 0 Å². The third-order valence-electron chi connectivity index (χ3n) is 4.95. The Bertz CT molecular complexity index is 1190. The van der Waals surface area contributed by atoms with E-state index in [4.69, 9.17) is 11.6 Å². The van der Waals surface area contributed by atoms with Crippen LogP contribution >= 0.6 is 11.6 Å². The highest BCUT2D eigenvalue weighted by atomic mass is 35.5. The predicted molar refractivity (Wildman–Crippen MR) is 111 cm³/mol. The monoisotopic (exact) mass is 443 g/mol. The Morgan fingerprint density at radius 1 is 1.10 bits per heavy atom. The summed E-state index contributed by atoms with van der Waals surface area (Å²) in [6.07, 6.45) is 0. The second-order valence-electron chi connectivity index (χ2n) is 7.18. The number of aromatic nitrogens is 3. The molecule has 0 fully saturated rings. The summed E-state index contributed by atoms with van der Waals surface area (Å²) in [6.45, 7) is 0.722. The van der Waals surface area contributed by atoms with E-state index in [9.17, 15) is 18.8 Å². The van der Waals surface area contributed by atoms with Crippen LogP contribution in [0.3, 0.4) is 0 Å². The highest BCUT2D eigenvalue weighted by molar-refractivity contribution is 6.30. The van der Waals surface area contributed by atoms with E-state index in [-0.39, 0.29) is 44.4 Å². The van der Waals surface area contributed by atoms with Crippen molar-refractivity contribution in [2.75, 3.05) is 6.54 Å². The SMILES string of the molecule is O=C(Cn1nc2n(c1=O)CCN(Cc1cccc(F)c1)C2=O)NCc1ccc(Cl)cc1. The third-order valence-corrected chi connectivity index (χ3v) is 5.21. The number of hydrogen-bond acceptors (Lipinski definition) is 4. The topological polar surface area (TPSA) is 89.2 Å². The fourth-order valence-corrected chi connectivity index (χ4v) is 3.49. The van der Waals surface area contributed by atoms with Gasteiger partial charge in [-0.05, 0) is 35.4 Å². The number of nitrogens with zero attached hydrogens (tertiary/aromatic N) is 4. The summed E-state index contributed by atoms with van der Waals surface area (Å²) >= 11 is 5.84. The Hall–Kier alpha value is -3.46. The second-order valence-corrected chi connectivity index (χ2v) is 7.61. The first kappa shape index (κ1) is 20.8. The molecule has 0 bridgehead atoms. The molecule has 2 amide bonds. The molecule has 4 rings (SSSR count). The summed E-state index contributed by atoms with van der Waals surface area (Å²) in [5.74, 6) is -1.25. The lowest BCUT2D eigenvalue weighted by Crippen LogP contribution is -2.42. The van der Waals surface area contributed by atoms with Gasteiger partial charge in [-0.3, -0.25) is 14.2 Å². The number of benzene rings is 2. The van der Waals surface area contributed by atoms with Gasteiger partial charge in [0.05, 0.1) is 0 Å². The Balaban J connectivity index is 1.42. The minimum atomic E-state index is -0.518. The van der Waals surface area contributed by atoms with E-state index in [1.165, 1.54) is 21.6 Å². The summed E-state index contributed by atoms with van der Waals surface area (Å²) in [5, 5.41) is 7.38. The van der Waals surface area contributed by atoms with Crippen molar-refractivity contribution in [3.8, 4) is 0 Å². The summed E-state index contributed by atoms with van der Waals surface area (Å²) in [7, 11) is 0. The molecule has 3 aromatic rings. The Kier molecular flexibility index (Phi) is 5.85. The van der Waals surface area contributed by atoms with E-state index >= 15 is 0 Å². The molecule has 1 aliphatic heterocycles. The smallest absolute Gasteiger partial charge is 0.346 e. The zero-order valence-corrected chi connectivity index (χ0v) is 17.2. The number of carbonyl (C=O) groups is 2. The molecule has 31 heavy (non-hydrogen) atoms. The lowest BCUT2D eigenvalue weighted by Gasteiger charge is -2.26. The molecule has 0 radical (unpaired) electrons. The van der Waals surface area contributed by atoms with Crippen LogP contribution in [0.15, 0.2) is 53.3 Å². The molecule has 0 saturated carbocycles. The third kappa shape index (κ3) is 4.66. The van der Waals surface area contributed by atoms with Gasteiger partial charge in [-0.1, -0.05) is 35.9 Å². The summed E-state index contributed by atoms with van der Waals surface area (Å²) < 4.78 is 15.7. The molecule has 0 unspecified atom stereocenters. The van der Waals surface area contributed by atoms with Crippen LogP contribution in [-0.4, -0.2) is 37.6 Å². The summed E-state index contributed by atoms with van der Waals surface area (Å²) in [5.41, 5.74) is 0.984. The molecule has 0 spiro atoms. The van der Waals surface area contributed by atoms with Crippen molar-refractivity contribution in [1.29, 1.82) is 0 Å². The van der Waals surface area contributed by atoms with Crippen molar-refractivity contribution < 1.29 is 14.0 Å². The maximum atomic E-state index is 13.4. The molecule has 8 nitrogen and oxygen atoms in total. The minimum Gasteiger partial charge on any atom is -0.350 e. The Morgan fingerprint density at radius 3 is 2.61 bits per heavy atom. The lowest BCUT2D eigenvalue weighted by molar-refractivity contribution is -0.122. The minimum absolute atomic E-state index is 0.0295. The van der Waals surface area contributed by atoms with Gasteiger partial charge < -0.3 is 10.2 Å². The second kappa shape index (κ2) is 8.73. The molecular formula is C21H19ClFN5O3. The first-order valence-electron chi connectivity index (χ1n) is 9.63. The molecule has 0 saturated heterocycles. The van der Waals surface area contributed by atoms with Gasteiger partial charge in [0.15, 0.2) is 0 Å². The van der Waals surface area contributed by atoms with Crippen LogP contribution in [0.5, 0.6) is 0 Å². The molecule has 0 aliphatic carbocycles. The van der Waals surface area contributed by atoms with Gasteiger partial charge in [0.1, 0.15) is 12.4 Å². The molecular weight excluding hydrogens is 425 g/mol. The first-order chi connectivity index (χ1) is 14.9. The van der Waals surface area contributed by atoms with Crippen LogP contribution in [-0.2, 0) is 31.0 Å². The quantitative estimate of drug-likeness (QED) is 0.629. The van der Waals surface area contributed by atoms with Crippen molar-refractivity contribution in [2.45, 2.75) is 26.2 Å². The number of amides is 2. The van der Waals surface area contributed by atoms with E-state index in [1.807, 2.05) is 0 Å². The lowest BCUT2D eigenvalue weighted by atomic mass is 10.2. The van der Waals surface area contributed by atoms with Crippen LogP contribution in [0.4, 0.5) is 4.39 Å². The van der Waals surface area contributed by atoms with E-state index < -0.39 is 17.5 Å². The number of carbonyl (C=O) groups excluding carboxylic acids is 2. The largest absolute Gasteiger partial charge is 0.350 e. The van der Waals surface area contributed by atoms with Crippen molar-refractivity contribution in [2.24, 2.45) is 0 Å². The first-order valence-corrected chi connectivity index (χ1v) is 10.0. The maximum Gasteiger partial charge on any atom is 0.346 e. The molecule has 1 aliphatic rings. The Morgan fingerprint density at radius 2 is 1.87 bits per heavy atom. The molecule has 160 valence electrons. The zero-order chi connectivity index (χ0) is 22.0. The fourth-order valence-electron chi connectivity index (χ4n) is 3.37. The van der Waals surface area contributed by atoms with Crippen molar-refractivity contribution in [1.82, 2.24) is 24.6 Å². The van der Waals surface area contributed by atoms with E-state index in [0.29, 0.717) is 10.6 Å². The summed E-state index contributed by atoms with van der Waals surface area (Å²) in [6, 6.07) is 13.0. The van der Waals surface area contributed by atoms with Gasteiger partial charge in [-0.25, -0.2) is 13.9 Å². The summed E-state index contributed by atoms with van der Waals surface area (Å²) in [4.78, 5) is 39.1.